The summed E-state index contributed by atoms with van der Waals surface area (Å²) in [7, 11) is 0. The predicted molar refractivity (Wildman–Crippen MR) is 200 cm³/mol. The molecule has 15 heteroatoms. The van der Waals surface area contributed by atoms with E-state index in [2.05, 4.69) is 15.8 Å². The minimum absolute atomic E-state index is 0.0518. The van der Waals surface area contributed by atoms with Crippen molar-refractivity contribution in [3.05, 3.63) is 58.6 Å². The second kappa shape index (κ2) is 17.8. The normalized spacial score (nSPS) is 13.1. The van der Waals surface area contributed by atoms with Gasteiger partial charge in [0.1, 0.15) is 22.9 Å². The minimum atomic E-state index is -1.42. The molecular formula is C36H44Cl4N4O7. The van der Waals surface area contributed by atoms with E-state index in [0.717, 1.165) is 0 Å². The highest BCUT2D eigenvalue weighted by Gasteiger charge is 2.32. The number of carbonyl (C=O) groups excluding carboxylic acids is 4. The van der Waals surface area contributed by atoms with Crippen molar-refractivity contribution < 1.29 is 33.2 Å². The Bertz CT molecular complexity index is 1680. The Kier molecular flexibility index (Phi) is 14.6. The van der Waals surface area contributed by atoms with Crippen LogP contribution in [0.15, 0.2) is 53.1 Å². The molecule has 2 N–H and O–H groups in total. The van der Waals surface area contributed by atoms with Crippen LogP contribution in [0.4, 0.5) is 10.5 Å². The summed E-state index contributed by atoms with van der Waals surface area (Å²) in [5.74, 6) is -1.61. The first-order valence-corrected chi connectivity index (χ1v) is 17.9. The number of anilines is 1. The second-order valence-electron chi connectivity index (χ2n) is 14.2. The van der Waals surface area contributed by atoms with Gasteiger partial charge in [-0.05, 0) is 78.1 Å². The monoisotopic (exact) mass is 784 g/mol. The van der Waals surface area contributed by atoms with Gasteiger partial charge in [0.15, 0.2) is 10.6 Å². The quantitative estimate of drug-likeness (QED) is 0.130. The Labute approximate surface area is 318 Å². The number of hydrogen-bond acceptors (Lipinski definition) is 8. The number of nitrogens with one attached hydrogen (secondary N) is 2. The van der Waals surface area contributed by atoms with Gasteiger partial charge in [-0.2, -0.15) is 0 Å². The number of amides is 3. The molecule has 11 nitrogen and oxygen atoms in total. The Morgan fingerprint density at radius 1 is 0.882 bits per heavy atom. The van der Waals surface area contributed by atoms with Crippen molar-refractivity contribution in [2.24, 2.45) is 5.92 Å². The van der Waals surface area contributed by atoms with E-state index in [1.807, 2.05) is 13.8 Å². The third-order valence-electron chi connectivity index (χ3n) is 7.20. The molecule has 0 fully saturated rings. The Hall–Kier alpha value is -3.51. The third-order valence-corrected chi connectivity index (χ3v) is 8.20. The van der Waals surface area contributed by atoms with Gasteiger partial charge in [-0.25, -0.2) is 4.79 Å². The number of hydrogen-bond donors (Lipinski definition) is 2. The van der Waals surface area contributed by atoms with E-state index in [1.165, 1.54) is 4.90 Å². The number of ether oxygens (including phenoxy) is 2. The van der Waals surface area contributed by atoms with Crippen LogP contribution < -0.4 is 15.5 Å². The van der Waals surface area contributed by atoms with Crippen LogP contribution in [0, 0.1) is 5.92 Å². The van der Waals surface area contributed by atoms with Gasteiger partial charge in [0.2, 0.25) is 5.91 Å². The van der Waals surface area contributed by atoms with Crippen LogP contribution >= 0.6 is 46.4 Å². The van der Waals surface area contributed by atoms with Crippen molar-refractivity contribution in [3.8, 4) is 22.6 Å². The van der Waals surface area contributed by atoms with E-state index in [-0.39, 0.29) is 25.3 Å². The smallest absolute Gasteiger partial charge is 0.408 e. The number of esters is 1. The van der Waals surface area contributed by atoms with E-state index in [0.29, 0.717) is 38.3 Å². The van der Waals surface area contributed by atoms with E-state index in [4.69, 9.17) is 60.4 Å². The van der Waals surface area contributed by atoms with E-state index >= 15 is 0 Å². The molecule has 3 rings (SSSR count). The van der Waals surface area contributed by atoms with Crippen molar-refractivity contribution >= 4 is 76.0 Å². The molecule has 3 aromatic rings. The molecule has 0 radical (unpaired) electrons. The summed E-state index contributed by atoms with van der Waals surface area (Å²) in [5.41, 5.74) is 0.348. The first-order valence-electron chi connectivity index (χ1n) is 16.3. The fourth-order valence-corrected chi connectivity index (χ4v) is 5.64. The molecule has 278 valence electrons. The molecule has 0 saturated carbocycles. The standard InChI is InChI=1S/C36H44Cl4N4O7/c1-20(2)27(41-32(46)25(42-34(48)50-36(6,7)8)15-16-29(45)49-35(3,4)5)19-44(33(47)31(39)40)22-12-9-11-21(17-22)28-18-26(43-51-28)30-23(37)13-10-14-24(30)38/h9-14,17-18,20,25,27,31H,15-16,19H2,1-8H3,(H,41,46)(H,42,48). The number of halogens is 4. The van der Waals surface area contributed by atoms with Crippen molar-refractivity contribution in [1.82, 2.24) is 15.8 Å². The topological polar surface area (TPSA) is 140 Å². The highest BCUT2D eigenvalue weighted by atomic mass is 35.5. The molecule has 2 aromatic carbocycles. The Morgan fingerprint density at radius 2 is 1.49 bits per heavy atom. The maximum absolute atomic E-state index is 13.8. The number of alkyl halides is 2. The van der Waals surface area contributed by atoms with Gasteiger partial charge in [0, 0.05) is 41.9 Å². The molecule has 0 bridgehead atoms. The van der Waals surface area contributed by atoms with Crippen molar-refractivity contribution in [2.45, 2.75) is 96.4 Å². The molecule has 0 spiro atoms. The molecule has 1 heterocycles. The van der Waals surface area contributed by atoms with E-state index < -0.39 is 52.0 Å². The summed E-state index contributed by atoms with van der Waals surface area (Å²) in [6, 6.07) is 11.8. The average molecular weight is 787 g/mol. The van der Waals surface area contributed by atoms with Crippen molar-refractivity contribution in [1.29, 1.82) is 0 Å². The van der Waals surface area contributed by atoms with Gasteiger partial charge in [0.05, 0.1) is 10.0 Å². The fourth-order valence-electron chi connectivity index (χ4n) is 4.82. The van der Waals surface area contributed by atoms with E-state index in [1.54, 1.807) is 90.1 Å². The van der Waals surface area contributed by atoms with Crippen LogP contribution in [0.1, 0.15) is 68.2 Å². The highest BCUT2D eigenvalue weighted by Crippen LogP contribution is 2.36. The second-order valence-corrected chi connectivity index (χ2v) is 16.1. The number of rotatable bonds is 13. The molecule has 2 atom stereocenters. The minimum Gasteiger partial charge on any atom is -0.460 e. The first-order chi connectivity index (χ1) is 23.6. The first kappa shape index (κ1) is 41.9. The zero-order valence-corrected chi connectivity index (χ0v) is 32.8. The van der Waals surface area contributed by atoms with Crippen LogP contribution in [-0.2, 0) is 23.9 Å². The summed E-state index contributed by atoms with van der Waals surface area (Å²) in [6.45, 7) is 13.9. The summed E-state index contributed by atoms with van der Waals surface area (Å²) < 4.78 is 16.4. The summed E-state index contributed by atoms with van der Waals surface area (Å²) >= 11 is 25.0. The van der Waals surface area contributed by atoms with Crippen LogP contribution in [0.2, 0.25) is 10.0 Å². The molecular weight excluding hydrogens is 742 g/mol. The van der Waals surface area contributed by atoms with Gasteiger partial charge in [-0.1, -0.05) is 83.6 Å². The molecule has 3 amide bonds. The number of alkyl carbamates (subject to hydrolysis) is 1. The molecule has 2 unspecified atom stereocenters. The van der Waals surface area contributed by atoms with Crippen LogP contribution in [0.5, 0.6) is 0 Å². The lowest BCUT2D eigenvalue weighted by Gasteiger charge is -2.32. The molecule has 0 aliphatic rings. The maximum Gasteiger partial charge on any atom is 0.408 e. The van der Waals surface area contributed by atoms with Gasteiger partial charge in [-0.15, -0.1) is 0 Å². The summed E-state index contributed by atoms with van der Waals surface area (Å²) in [5, 5.41) is 10.5. The number of nitrogens with zero attached hydrogens (tertiary/aromatic N) is 2. The zero-order chi connectivity index (χ0) is 38.3. The van der Waals surface area contributed by atoms with Crippen molar-refractivity contribution in [3.63, 3.8) is 0 Å². The SMILES string of the molecule is CC(C)C(CN(C(=O)C(Cl)Cl)c1cccc(-c2cc(-c3c(Cl)cccc3Cl)no2)c1)NC(=O)C(CCC(=O)OC(C)(C)C)NC(=O)OC(C)(C)C. The average Bonchev–Trinajstić information content (AvgIpc) is 3.48. The maximum atomic E-state index is 13.8. The van der Waals surface area contributed by atoms with Gasteiger partial charge < -0.3 is 29.5 Å². The zero-order valence-electron chi connectivity index (χ0n) is 29.8. The molecule has 0 aliphatic carbocycles. The van der Waals surface area contributed by atoms with Crippen LogP contribution in [-0.4, -0.2) is 63.7 Å². The highest BCUT2D eigenvalue weighted by molar-refractivity contribution is 6.54. The summed E-state index contributed by atoms with van der Waals surface area (Å²) in [4.78, 5) is 52.4. The Balaban J connectivity index is 1.90. The lowest BCUT2D eigenvalue weighted by Crippen LogP contribution is -2.55. The molecule has 0 aliphatic heterocycles. The predicted octanol–water partition coefficient (Wildman–Crippen LogP) is 8.61. The lowest BCUT2D eigenvalue weighted by molar-refractivity contribution is -0.155. The number of benzene rings is 2. The van der Waals surface area contributed by atoms with Gasteiger partial charge in [-0.3, -0.25) is 14.4 Å². The van der Waals surface area contributed by atoms with Gasteiger partial charge >= 0.3 is 12.1 Å². The third kappa shape index (κ3) is 12.9. The fraction of sp³-hybridized carbons (Fsp3) is 0.472. The molecule has 0 saturated heterocycles. The molecule has 1 aromatic heterocycles. The van der Waals surface area contributed by atoms with Crippen LogP contribution in [0.25, 0.3) is 22.6 Å². The largest absolute Gasteiger partial charge is 0.460 e. The van der Waals surface area contributed by atoms with Gasteiger partial charge in [0.25, 0.3) is 5.91 Å². The Morgan fingerprint density at radius 3 is 2.06 bits per heavy atom. The van der Waals surface area contributed by atoms with Crippen LogP contribution in [0.3, 0.4) is 0 Å². The molecule has 51 heavy (non-hydrogen) atoms. The van der Waals surface area contributed by atoms with E-state index in [9.17, 15) is 19.2 Å². The number of carbonyl (C=O) groups is 4. The van der Waals surface area contributed by atoms with Crippen molar-refractivity contribution in [2.75, 3.05) is 11.4 Å². The number of aromatic nitrogens is 1. The lowest BCUT2D eigenvalue weighted by atomic mass is 10.0. The summed E-state index contributed by atoms with van der Waals surface area (Å²) in [6.07, 6.45) is -1.05.